The molecule has 0 saturated carbocycles. The fraction of sp³-hybridized carbons (Fsp3) is 0.400. The van der Waals surface area contributed by atoms with Gasteiger partial charge in [-0.3, -0.25) is 10.1 Å². The van der Waals surface area contributed by atoms with E-state index in [1.54, 1.807) is 0 Å². The molecule has 8 heteroatoms. The summed E-state index contributed by atoms with van der Waals surface area (Å²) in [5, 5.41) is 10.5. The van der Waals surface area contributed by atoms with E-state index >= 15 is 0 Å². The normalized spacial score (nSPS) is 11.7. The summed E-state index contributed by atoms with van der Waals surface area (Å²) in [6.45, 7) is 3.06. The highest BCUT2D eigenvalue weighted by atomic mass is 19.4. The zero-order valence-corrected chi connectivity index (χ0v) is 9.62. The number of halogens is 3. The number of anilines is 1. The fourth-order valence-corrected chi connectivity index (χ4v) is 1.32. The standard InChI is InChI=1S/C10H11F3N2O3/c1-5(2)18-9-7(10(11,12)13)3-6(15(16)17)4-8(9)14/h3-5H,14H2,1-2H3. The molecule has 1 aromatic carbocycles. The second kappa shape index (κ2) is 4.71. The van der Waals surface area contributed by atoms with Crippen LogP contribution in [0, 0.1) is 10.1 Å². The number of nitrogen functional groups attached to an aromatic ring is 1. The van der Waals surface area contributed by atoms with Gasteiger partial charge >= 0.3 is 6.18 Å². The van der Waals surface area contributed by atoms with Crippen molar-refractivity contribution < 1.29 is 22.8 Å². The van der Waals surface area contributed by atoms with Crippen LogP contribution in [0.1, 0.15) is 19.4 Å². The van der Waals surface area contributed by atoms with Crippen LogP contribution < -0.4 is 10.5 Å². The fourth-order valence-electron chi connectivity index (χ4n) is 1.32. The van der Waals surface area contributed by atoms with Gasteiger partial charge in [0.1, 0.15) is 5.56 Å². The average Bonchev–Trinajstić information content (AvgIpc) is 2.17. The average molecular weight is 264 g/mol. The van der Waals surface area contributed by atoms with Crippen LogP contribution in [-0.4, -0.2) is 11.0 Å². The van der Waals surface area contributed by atoms with Crippen molar-refractivity contribution in [2.24, 2.45) is 0 Å². The van der Waals surface area contributed by atoms with Crippen LogP contribution in [0.3, 0.4) is 0 Å². The molecule has 0 amide bonds. The number of nitrogens with zero attached hydrogens (tertiary/aromatic N) is 1. The van der Waals surface area contributed by atoms with Gasteiger partial charge in [0.25, 0.3) is 5.69 Å². The van der Waals surface area contributed by atoms with Crippen LogP contribution >= 0.6 is 0 Å². The van der Waals surface area contributed by atoms with Gasteiger partial charge < -0.3 is 10.5 Å². The first-order valence-corrected chi connectivity index (χ1v) is 4.94. The number of hydrogen-bond acceptors (Lipinski definition) is 4. The summed E-state index contributed by atoms with van der Waals surface area (Å²) in [5.41, 5.74) is 2.99. The Morgan fingerprint density at radius 2 is 1.94 bits per heavy atom. The van der Waals surface area contributed by atoms with Crippen molar-refractivity contribution in [3.63, 3.8) is 0 Å². The number of hydrogen-bond donors (Lipinski definition) is 1. The molecule has 0 aromatic heterocycles. The zero-order valence-electron chi connectivity index (χ0n) is 9.62. The number of ether oxygens (including phenoxy) is 1. The van der Waals surface area contributed by atoms with Crippen LogP contribution in [0.2, 0.25) is 0 Å². The van der Waals surface area contributed by atoms with E-state index in [2.05, 4.69) is 0 Å². The van der Waals surface area contributed by atoms with E-state index in [1.807, 2.05) is 0 Å². The molecule has 0 saturated heterocycles. The molecule has 1 rings (SSSR count). The maximum atomic E-state index is 12.8. The molecule has 100 valence electrons. The smallest absolute Gasteiger partial charge is 0.420 e. The number of non-ortho nitro benzene ring substituents is 1. The molecule has 18 heavy (non-hydrogen) atoms. The van der Waals surface area contributed by atoms with Gasteiger partial charge in [0.05, 0.1) is 16.7 Å². The molecule has 0 spiro atoms. The summed E-state index contributed by atoms with van der Waals surface area (Å²) in [6.07, 6.45) is -5.31. The molecule has 0 aliphatic carbocycles. The lowest BCUT2D eigenvalue weighted by Gasteiger charge is -2.17. The second-order valence-corrected chi connectivity index (χ2v) is 3.83. The molecule has 0 bridgehead atoms. The molecule has 0 aliphatic heterocycles. The van der Waals surface area contributed by atoms with E-state index in [4.69, 9.17) is 10.5 Å². The summed E-state index contributed by atoms with van der Waals surface area (Å²) in [7, 11) is 0. The first kappa shape index (κ1) is 14.1. The van der Waals surface area contributed by atoms with Crippen molar-refractivity contribution in [2.75, 3.05) is 5.73 Å². The minimum absolute atomic E-state index is 0.411. The molecule has 0 aliphatic rings. The number of nitrogens with two attached hydrogens (primary N) is 1. The van der Waals surface area contributed by atoms with Gasteiger partial charge in [-0.25, -0.2) is 0 Å². The van der Waals surface area contributed by atoms with Gasteiger partial charge in [-0.1, -0.05) is 0 Å². The molecule has 5 nitrogen and oxygen atoms in total. The van der Waals surface area contributed by atoms with E-state index < -0.39 is 39.9 Å². The van der Waals surface area contributed by atoms with E-state index in [0.717, 1.165) is 6.07 Å². The van der Waals surface area contributed by atoms with E-state index in [0.29, 0.717) is 6.07 Å². The number of alkyl halides is 3. The van der Waals surface area contributed by atoms with E-state index in [-0.39, 0.29) is 0 Å². The van der Waals surface area contributed by atoms with Gasteiger partial charge in [-0.05, 0) is 13.8 Å². The zero-order chi connectivity index (χ0) is 14.1. The Labute approximate surface area is 100 Å². The predicted molar refractivity (Wildman–Crippen MR) is 58.3 cm³/mol. The van der Waals surface area contributed by atoms with Crippen molar-refractivity contribution >= 4 is 11.4 Å². The molecule has 0 atom stereocenters. The van der Waals surface area contributed by atoms with Crippen LogP contribution in [0.4, 0.5) is 24.5 Å². The van der Waals surface area contributed by atoms with Crippen molar-refractivity contribution in [3.8, 4) is 5.75 Å². The number of nitro groups is 1. The molecule has 0 fully saturated rings. The molecule has 2 N–H and O–H groups in total. The lowest BCUT2D eigenvalue weighted by Crippen LogP contribution is -2.15. The third-order valence-corrected chi connectivity index (χ3v) is 1.97. The Morgan fingerprint density at radius 3 is 2.33 bits per heavy atom. The first-order valence-electron chi connectivity index (χ1n) is 4.94. The number of benzene rings is 1. The van der Waals surface area contributed by atoms with Gasteiger partial charge in [-0.2, -0.15) is 13.2 Å². The molecule has 0 unspecified atom stereocenters. The Morgan fingerprint density at radius 1 is 1.39 bits per heavy atom. The molecule has 0 radical (unpaired) electrons. The van der Waals surface area contributed by atoms with Crippen molar-refractivity contribution in [3.05, 3.63) is 27.8 Å². The lowest BCUT2D eigenvalue weighted by molar-refractivity contribution is -0.385. The van der Waals surface area contributed by atoms with Gasteiger partial charge in [-0.15, -0.1) is 0 Å². The largest absolute Gasteiger partial charge is 0.488 e. The summed E-state index contributed by atoms with van der Waals surface area (Å²) in [6, 6.07) is 1.25. The van der Waals surface area contributed by atoms with E-state index in [9.17, 15) is 23.3 Å². The third-order valence-electron chi connectivity index (χ3n) is 1.97. The van der Waals surface area contributed by atoms with Crippen LogP contribution in [-0.2, 0) is 6.18 Å². The monoisotopic (exact) mass is 264 g/mol. The summed E-state index contributed by atoms with van der Waals surface area (Å²) in [5.74, 6) is -0.580. The predicted octanol–water partition coefficient (Wildman–Crippen LogP) is 2.98. The second-order valence-electron chi connectivity index (χ2n) is 3.83. The number of rotatable bonds is 3. The van der Waals surface area contributed by atoms with Gasteiger partial charge in [0.2, 0.25) is 0 Å². The van der Waals surface area contributed by atoms with Crippen LogP contribution in [0.15, 0.2) is 12.1 Å². The number of nitro benzene ring substituents is 1. The topological polar surface area (TPSA) is 78.4 Å². The lowest BCUT2D eigenvalue weighted by atomic mass is 10.1. The highest BCUT2D eigenvalue weighted by Gasteiger charge is 2.37. The molecule has 0 heterocycles. The molecular weight excluding hydrogens is 253 g/mol. The maximum absolute atomic E-state index is 12.8. The van der Waals surface area contributed by atoms with Gasteiger partial charge in [0.15, 0.2) is 5.75 Å². The van der Waals surface area contributed by atoms with Crippen LogP contribution in [0.25, 0.3) is 0 Å². The first-order chi connectivity index (χ1) is 8.12. The highest BCUT2D eigenvalue weighted by molar-refractivity contribution is 5.63. The van der Waals surface area contributed by atoms with Gasteiger partial charge in [0, 0.05) is 12.1 Å². The highest BCUT2D eigenvalue weighted by Crippen LogP contribution is 2.42. The molecular formula is C10H11F3N2O3. The Hall–Kier alpha value is -1.99. The minimum Gasteiger partial charge on any atom is -0.488 e. The SMILES string of the molecule is CC(C)Oc1c(N)cc([N+](=O)[O-])cc1C(F)(F)F. The van der Waals surface area contributed by atoms with Crippen molar-refractivity contribution in [2.45, 2.75) is 26.1 Å². The van der Waals surface area contributed by atoms with Crippen molar-refractivity contribution in [1.82, 2.24) is 0 Å². The Kier molecular flexibility index (Phi) is 3.68. The van der Waals surface area contributed by atoms with E-state index in [1.165, 1.54) is 13.8 Å². The summed E-state index contributed by atoms with van der Waals surface area (Å²) in [4.78, 5) is 9.57. The van der Waals surface area contributed by atoms with Crippen LogP contribution in [0.5, 0.6) is 5.75 Å². The quantitative estimate of drug-likeness (QED) is 0.517. The Bertz CT molecular complexity index is 472. The third kappa shape index (κ3) is 3.02. The molecule has 1 aromatic rings. The minimum atomic E-state index is -4.77. The Balaban J connectivity index is 3.45. The maximum Gasteiger partial charge on any atom is 0.420 e. The summed E-state index contributed by atoms with van der Waals surface area (Å²) >= 11 is 0. The van der Waals surface area contributed by atoms with Crippen molar-refractivity contribution in [1.29, 1.82) is 0 Å². The summed E-state index contributed by atoms with van der Waals surface area (Å²) < 4.78 is 43.3.